The van der Waals surface area contributed by atoms with Crippen LogP contribution < -0.4 is 10.1 Å². The molecule has 0 saturated heterocycles. The zero-order valence-corrected chi connectivity index (χ0v) is 13.4. The number of benzene rings is 2. The van der Waals surface area contributed by atoms with Gasteiger partial charge in [0.1, 0.15) is 5.75 Å². The molecular weight excluding hydrogens is 370 g/mol. The fourth-order valence-electron chi connectivity index (χ4n) is 1.68. The molecule has 24 heavy (non-hydrogen) atoms. The zero-order chi connectivity index (χ0) is 17.7. The molecule has 3 nitrogen and oxygen atoms in total. The van der Waals surface area contributed by atoms with Crippen LogP contribution in [-0.2, 0) is 4.79 Å². The van der Waals surface area contributed by atoms with Crippen molar-refractivity contribution in [1.29, 1.82) is 0 Å². The van der Waals surface area contributed by atoms with Gasteiger partial charge in [0.2, 0.25) is 5.91 Å². The van der Waals surface area contributed by atoms with Gasteiger partial charge in [-0.05, 0) is 36.4 Å². The Balaban J connectivity index is 1.92. The normalized spacial score (nSPS) is 10.8. The maximum atomic E-state index is 13.1. The Bertz CT molecular complexity index is 745. The molecule has 2 aromatic carbocycles. The van der Waals surface area contributed by atoms with E-state index in [9.17, 15) is 22.4 Å². The third-order valence-electron chi connectivity index (χ3n) is 2.69. The van der Waals surface area contributed by atoms with E-state index >= 15 is 0 Å². The molecular formula is C15H10ClF4NO2S. The van der Waals surface area contributed by atoms with E-state index in [1.165, 1.54) is 24.3 Å². The molecule has 0 atom stereocenters. The second-order valence-electron chi connectivity index (χ2n) is 4.44. The second kappa shape index (κ2) is 8.25. The quantitative estimate of drug-likeness (QED) is 0.570. The van der Waals surface area contributed by atoms with Gasteiger partial charge in [0, 0.05) is 10.6 Å². The Kier molecular flexibility index (Phi) is 6.33. The summed E-state index contributed by atoms with van der Waals surface area (Å²) in [5.74, 6) is -2.66. The number of carbonyl (C=O) groups is 1. The molecule has 0 aliphatic rings. The van der Waals surface area contributed by atoms with Crippen LogP contribution in [0.15, 0.2) is 41.3 Å². The van der Waals surface area contributed by atoms with Crippen molar-refractivity contribution in [3.63, 3.8) is 0 Å². The number of rotatable bonds is 6. The van der Waals surface area contributed by atoms with E-state index in [2.05, 4.69) is 10.1 Å². The molecule has 2 aromatic rings. The summed E-state index contributed by atoms with van der Waals surface area (Å²) in [5.41, 5.74) is 0.289. The van der Waals surface area contributed by atoms with Crippen molar-refractivity contribution < 1.29 is 27.1 Å². The Morgan fingerprint density at radius 3 is 2.54 bits per heavy atom. The molecule has 0 aliphatic carbocycles. The third-order valence-corrected chi connectivity index (χ3v) is 3.98. The molecule has 0 fully saturated rings. The van der Waals surface area contributed by atoms with Gasteiger partial charge in [-0.1, -0.05) is 11.6 Å². The molecule has 0 aromatic heterocycles. The Labute approximate surface area is 143 Å². The number of alkyl halides is 2. The second-order valence-corrected chi connectivity index (χ2v) is 5.89. The van der Waals surface area contributed by atoms with Crippen LogP contribution in [0.2, 0.25) is 5.02 Å². The maximum absolute atomic E-state index is 13.1. The molecule has 0 saturated carbocycles. The van der Waals surface area contributed by atoms with Gasteiger partial charge in [-0.3, -0.25) is 4.79 Å². The molecule has 0 bridgehead atoms. The number of amides is 1. The van der Waals surface area contributed by atoms with E-state index in [0.29, 0.717) is 4.90 Å². The number of nitrogens with one attached hydrogen (secondary N) is 1. The first-order chi connectivity index (χ1) is 11.3. The van der Waals surface area contributed by atoms with Crippen LogP contribution in [0.3, 0.4) is 0 Å². The van der Waals surface area contributed by atoms with Gasteiger partial charge >= 0.3 is 6.61 Å². The van der Waals surface area contributed by atoms with E-state index in [1.54, 1.807) is 0 Å². The molecule has 0 heterocycles. The van der Waals surface area contributed by atoms with Crippen molar-refractivity contribution in [2.24, 2.45) is 0 Å². The lowest BCUT2D eigenvalue weighted by Crippen LogP contribution is -2.14. The maximum Gasteiger partial charge on any atom is 0.387 e. The van der Waals surface area contributed by atoms with Gasteiger partial charge in [-0.15, -0.1) is 11.8 Å². The predicted molar refractivity (Wildman–Crippen MR) is 83.8 cm³/mol. The molecule has 0 spiro atoms. The van der Waals surface area contributed by atoms with Crippen LogP contribution in [-0.4, -0.2) is 18.3 Å². The summed E-state index contributed by atoms with van der Waals surface area (Å²) in [7, 11) is 0. The SMILES string of the molecule is O=C(CSc1ccc(F)c(F)c1)Nc1ccc(OC(F)F)c(Cl)c1. The highest BCUT2D eigenvalue weighted by Gasteiger charge is 2.11. The molecule has 9 heteroatoms. The van der Waals surface area contributed by atoms with Crippen LogP contribution in [0, 0.1) is 11.6 Å². The van der Waals surface area contributed by atoms with E-state index < -0.39 is 24.2 Å². The van der Waals surface area contributed by atoms with Gasteiger partial charge in [0.25, 0.3) is 0 Å². The van der Waals surface area contributed by atoms with Gasteiger partial charge < -0.3 is 10.1 Å². The molecule has 2 rings (SSSR count). The molecule has 0 aliphatic heterocycles. The minimum absolute atomic E-state index is 0.0576. The summed E-state index contributed by atoms with van der Waals surface area (Å²) in [6, 6.07) is 7.12. The summed E-state index contributed by atoms with van der Waals surface area (Å²) < 4.78 is 54.3. The van der Waals surface area contributed by atoms with Crippen LogP contribution in [0.5, 0.6) is 5.75 Å². The lowest BCUT2D eigenvalue weighted by molar-refractivity contribution is -0.113. The van der Waals surface area contributed by atoms with Crippen molar-refractivity contribution in [2.75, 3.05) is 11.1 Å². The molecule has 0 radical (unpaired) electrons. The number of hydrogen-bond donors (Lipinski definition) is 1. The van der Waals surface area contributed by atoms with Gasteiger partial charge in [0.05, 0.1) is 10.8 Å². The average Bonchev–Trinajstić information content (AvgIpc) is 2.51. The Morgan fingerprint density at radius 1 is 1.17 bits per heavy atom. The monoisotopic (exact) mass is 379 g/mol. The first kappa shape index (κ1) is 18.4. The number of ether oxygens (including phenoxy) is 1. The fourth-order valence-corrected chi connectivity index (χ4v) is 2.63. The lowest BCUT2D eigenvalue weighted by atomic mass is 10.3. The van der Waals surface area contributed by atoms with E-state index in [1.807, 2.05) is 0 Å². The summed E-state index contributed by atoms with van der Waals surface area (Å²) in [6.07, 6.45) is 0. The smallest absolute Gasteiger partial charge is 0.387 e. The van der Waals surface area contributed by atoms with Crippen LogP contribution in [0.4, 0.5) is 23.2 Å². The standard InChI is InChI=1S/C15H10ClF4NO2S/c16-10-5-8(1-4-13(10)23-15(19)20)21-14(22)7-24-9-2-3-11(17)12(18)6-9/h1-6,15H,7H2,(H,21,22). The summed E-state index contributed by atoms with van der Waals surface area (Å²) in [6.45, 7) is -3.00. The lowest BCUT2D eigenvalue weighted by Gasteiger charge is -2.09. The minimum Gasteiger partial charge on any atom is -0.433 e. The number of thioether (sulfide) groups is 1. The van der Waals surface area contributed by atoms with Crippen LogP contribution >= 0.6 is 23.4 Å². The van der Waals surface area contributed by atoms with Crippen molar-refractivity contribution in [1.82, 2.24) is 0 Å². The minimum atomic E-state index is -3.00. The largest absolute Gasteiger partial charge is 0.433 e. The molecule has 1 N–H and O–H groups in total. The highest BCUT2D eigenvalue weighted by molar-refractivity contribution is 8.00. The number of halogens is 5. The highest BCUT2D eigenvalue weighted by Crippen LogP contribution is 2.29. The van der Waals surface area contributed by atoms with Crippen molar-refractivity contribution >= 4 is 35.0 Å². The van der Waals surface area contributed by atoms with Crippen molar-refractivity contribution in [2.45, 2.75) is 11.5 Å². The van der Waals surface area contributed by atoms with Gasteiger partial charge in [-0.2, -0.15) is 8.78 Å². The number of carbonyl (C=O) groups excluding carboxylic acids is 1. The first-order valence-corrected chi connectivity index (χ1v) is 7.83. The van der Waals surface area contributed by atoms with Crippen LogP contribution in [0.25, 0.3) is 0 Å². The highest BCUT2D eigenvalue weighted by atomic mass is 35.5. The number of hydrogen-bond acceptors (Lipinski definition) is 3. The predicted octanol–water partition coefficient (Wildman–Crippen LogP) is 4.95. The Hall–Kier alpha value is -1.93. The van der Waals surface area contributed by atoms with E-state index in [-0.39, 0.29) is 22.2 Å². The molecule has 0 unspecified atom stereocenters. The summed E-state index contributed by atoms with van der Waals surface area (Å²) in [5, 5.41) is 2.42. The van der Waals surface area contributed by atoms with Crippen molar-refractivity contribution in [3.8, 4) is 5.75 Å². The van der Waals surface area contributed by atoms with E-state index in [0.717, 1.165) is 23.9 Å². The molecule has 128 valence electrons. The summed E-state index contributed by atoms with van der Waals surface area (Å²) >= 11 is 6.78. The average molecular weight is 380 g/mol. The topological polar surface area (TPSA) is 38.3 Å². The van der Waals surface area contributed by atoms with Gasteiger partial charge in [0.15, 0.2) is 11.6 Å². The zero-order valence-electron chi connectivity index (χ0n) is 11.9. The van der Waals surface area contributed by atoms with Crippen molar-refractivity contribution in [3.05, 3.63) is 53.1 Å². The number of anilines is 1. The Morgan fingerprint density at radius 2 is 1.92 bits per heavy atom. The molecule has 1 amide bonds. The van der Waals surface area contributed by atoms with E-state index in [4.69, 9.17) is 11.6 Å². The van der Waals surface area contributed by atoms with Crippen LogP contribution in [0.1, 0.15) is 0 Å². The van der Waals surface area contributed by atoms with Gasteiger partial charge in [-0.25, -0.2) is 8.78 Å². The third kappa shape index (κ3) is 5.31. The first-order valence-electron chi connectivity index (χ1n) is 6.47. The fraction of sp³-hybridized carbons (Fsp3) is 0.133. The summed E-state index contributed by atoms with van der Waals surface area (Å²) in [4.78, 5) is 12.2.